The third kappa shape index (κ3) is 4.89. The summed E-state index contributed by atoms with van der Waals surface area (Å²) in [7, 11) is 0. The summed E-state index contributed by atoms with van der Waals surface area (Å²) in [4.78, 5) is 26.4. The van der Waals surface area contributed by atoms with Gasteiger partial charge in [-0.05, 0) is 67.9 Å². The number of halogens is 1. The summed E-state index contributed by atoms with van der Waals surface area (Å²) in [5.41, 5.74) is 1.16. The number of rotatable bonds is 3. The van der Waals surface area contributed by atoms with Crippen LogP contribution >= 0.6 is 12.2 Å². The third-order valence-electron chi connectivity index (χ3n) is 4.38. The molecule has 1 saturated heterocycles. The Morgan fingerprint density at radius 1 is 0.963 bits per heavy atom. The maximum absolute atomic E-state index is 13.6. The fourth-order valence-corrected chi connectivity index (χ4v) is 3.16. The second-order valence-electron chi connectivity index (χ2n) is 6.32. The Morgan fingerprint density at radius 3 is 2.30 bits per heavy atom. The largest absolute Gasteiger partial charge is 0.339 e. The van der Waals surface area contributed by atoms with Gasteiger partial charge < -0.3 is 10.2 Å². The first-order valence-corrected chi connectivity index (χ1v) is 9.21. The van der Waals surface area contributed by atoms with Crippen molar-refractivity contribution >= 4 is 34.8 Å². The molecule has 3 rings (SSSR count). The number of hydrogen-bond acceptors (Lipinski definition) is 3. The van der Waals surface area contributed by atoms with Gasteiger partial charge in [-0.15, -0.1) is 0 Å². The first-order chi connectivity index (χ1) is 13.0. The van der Waals surface area contributed by atoms with Crippen molar-refractivity contribution in [3.8, 4) is 0 Å². The maximum Gasteiger partial charge on any atom is 0.260 e. The van der Waals surface area contributed by atoms with Crippen LogP contribution in [-0.2, 0) is 0 Å². The maximum atomic E-state index is 13.6. The highest BCUT2D eigenvalue weighted by molar-refractivity contribution is 7.80. The minimum Gasteiger partial charge on any atom is -0.339 e. The van der Waals surface area contributed by atoms with Gasteiger partial charge in [-0.1, -0.05) is 12.1 Å². The number of carbonyl (C=O) groups is 2. The van der Waals surface area contributed by atoms with Gasteiger partial charge in [0.05, 0.1) is 5.56 Å². The van der Waals surface area contributed by atoms with Gasteiger partial charge in [-0.3, -0.25) is 14.9 Å². The highest BCUT2D eigenvalue weighted by Gasteiger charge is 2.18. The van der Waals surface area contributed by atoms with Crippen molar-refractivity contribution in [2.24, 2.45) is 0 Å². The first kappa shape index (κ1) is 19.0. The van der Waals surface area contributed by atoms with E-state index in [-0.39, 0.29) is 16.6 Å². The number of piperidine rings is 1. The van der Waals surface area contributed by atoms with Crippen LogP contribution in [0.4, 0.5) is 10.1 Å². The number of amides is 2. The molecule has 0 unspecified atom stereocenters. The van der Waals surface area contributed by atoms with E-state index < -0.39 is 11.7 Å². The van der Waals surface area contributed by atoms with Gasteiger partial charge in [0, 0.05) is 24.3 Å². The van der Waals surface area contributed by atoms with Crippen molar-refractivity contribution in [1.82, 2.24) is 10.2 Å². The monoisotopic (exact) mass is 385 g/mol. The number of anilines is 1. The van der Waals surface area contributed by atoms with Crippen LogP contribution in [-0.4, -0.2) is 34.9 Å². The van der Waals surface area contributed by atoms with Gasteiger partial charge in [0.1, 0.15) is 5.82 Å². The average Bonchev–Trinajstić information content (AvgIpc) is 2.69. The van der Waals surface area contributed by atoms with Crippen LogP contribution in [0.5, 0.6) is 0 Å². The molecular formula is C20H20FN3O2S. The van der Waals surface area contributed by atoms with Gasteiger partial charge in [0.2, 0.25) is 0 Å². The molecule has 2 amide bonds. The number of likely N-dealkylation sites (tertiary alicyclic amines) is 1. The van der Waals surface area contributed by atoms with E-state index in [2.05, 4.69) is 10.6 Å². The molecule has 2 aromatic rings. The second-order valence-corrected chi connectivity index (χ2v) is 6.73. The summed E-state index contributed by atoms with van der Waals surface area (Å²) in [5.74, 6) is -1.21. The molecule has 1 aliphatic heterocycles. The van der Waals surface area contributed by atoms with Crippen molar-refractivity contribution in [2.45, 2.75) is 19.3 Å². The van der Waals surface area contributed by atoms with E-state index in [1.165, 1.54) is 24.6 Å². The number of carbonyl (C=O) groups excluding carboxylic acids is 2. The molecule has 1 fully saturated rings. The summed E-state index contributed by atoms with van der Waals surface area (Å²) < 4.78 is 13.6. The van der Waals surface area contributed by atoms with Gasteiger partial charge in [0.25, 0.3) is 11.8 Å². The van der Waals surface area contributed by atoms with Crippen molar-refractivity contribution in [1.29, 1.82) is 0 Å². The van der Waals surface area contributed by atoms with E-state index in [0.717, 1.165) is 25.9 Å². The van der Waals surface area contributed by atoms with Crippen LogP contribution < -0.4 is 10.6 Å². The van der Waals surface area contributed by atoms with Gasteiger partial charge in [-0.2, -0.15) is 0 Å². The van der Waals surface area contributed by atoms with Crippen molar-refractivity contribution < 1.29 is 14.0 Å². The fraction of sp³-hybridized carbons (Fsp3) is 0.250. The highest BCUT2D eigenvalue weighted by Crippen LogP contribution is 2.15. The molecule has 0 bridgehead atoms. The molecular weight excluding hydrogens is 365 g/mol. The predicted octanol–water partition coefficient (Wildman–Crippen LogP) is 3.58. The molecule has 0 saturated carbocycles. The lowest BCUT2D eigenvalue weighted by Crippen LogP contribution is -2.35. The third-order valence-corrected chi connectivity index (χ3v) is 4.58. The molecule has 0 aliphatic carbocycles. The van der Waals surface area contributed by atoms with Crippen LogP contribution in [0, 0.1) is 5.82 Å². The van der Waals surface area contributed by atoms with E-state index in [1.54, 1.807) is 30.3 Å². The van der Waals surface area contributed by atoms with Gasteiger partial charge in [-0.25, -0.2) is 4.39 Å². The molecule has 1 aliphatic rings. The van der Waals surface area contributed by atoms with Crippen LogP contribution in [0.25, 0.3) is 0 Å². The summed E-state index contributed by atoms with van der Waals surface area (Å²) in [6, 6.07) is 12.6. The summed E-state index contributed by atoms with van der Waals surface area (Å²) in [6.07, 6.45) is 3.26. The quantitative estimate of drug-likeness (QED) is 0.793. The van der Waals surface area contributed by atoms with Crippen LogP contribution in [0.15, 0.2) is 48.5 Å². The first-order valence-electron chi connectivity index (χ1n) is 8.81. The number of thiocarbonyl (C=S) groups is 1. The standard InChI is InChI=1S/C20H20FN3O2S/c21-17-7-3-2-6-16(17)18(25)23-20(27)22-15-10-8-14(9-11-15)19(26)24-12-4-1-5-13-24/h2-3,6-11H,1,4-5,12-13H2,(H2,22,23,25,27). The highest BCUT2D eigenvalue weighted by atomic mass is 32.1. The Morgan fingerprint density at radius 2 is 1.63 bits per heavy atom. The summed E-state index contributed by atoms with van der Waals surface area (Å²) in [5, 5.41) is 5.35. The number of benzene rings is 2. The number of nitrogens with one attached hydrogen (secondary N) is 2. The zero-order chi connectivity index (χ0) is 19.2. The summed E-state index contributed by atoms with van der Waals surface area (Å²) >= 11 is 5.10. The molecule has 2 aromatic carbocycles. The summed E-state index contributed by atoms with van der Waals surface area (Å²) in [6.45, 7) is 1.59. The molecule has 2 N–H and O–H groups in total. The Kier molecular flexibility index (Phi) is 6.13. The van der Waals surface area contributed by atoms with E-state index in [4.69, 9.17) is 12.2 Å². The Hall–Kier alpha value is -2.80. The Balaban J connectivity index is 1.57. The second kappa shape index (κ2) is 8.73. The zero-order valence-corrected chi connectivity index (χ0v) is 15.5. The van der Waals surface area contributed by atoms with E-state index in [1.807, 2.05) is 4.90 Å². The normalized spacial score (nSPS) is 13.7. The fourth-order valence-electron chi connectivity index (χ4n) is 2.95. The molecule has 5 nitrogen and oxygen atoms in total. The van der Waals surface area contributed by atoms with Crippen molar-refractivity contribution in [2.75, 3.05) is 18.4 Å². The van der Waals surface area contributed by atoms with E-state index in [9.17, 15) is 14.0 Å². The molecule has 27 heavy (non-hydrogen) atoms. The van der Waals surface area contributed by atoms with Crippen LogP contribution in [0.3, 0.4) is 0 Å². The van der Waals surface area contributed by atoms with Gasteiger partial charge in [0.15, 0.2) is 5.11 Å². The lowest BCUT2D eigenvalue weighted by Gasteiger charge is -2.26. The van der Waals surface area contributed by atoms with Crippen LogP contribution in [0.1, 0.15) is 40.0 Å². The molecule has 0 atom stereocenters. The number of hydrogen-bond donors (Lipinski definition) is 2. The smallest absolute Gasteiger partial charge is 0.260 e. The minimum absolute atomic E-state index is 0.0247. The number of nitrogens with zero attached hydrogens (tertiary/aromatic N) is 1. The molecule has 0 aromatic heterocycles. The predicted molar refractivity (Wildman–Crippen MR) is 106 cm³/mol. The topological polar surface area (TPSA) is 61.4 Å². The Bertz CT molecular complexity index is 849. The molecule has 140 valence electrons. The van der Waals surface area contributed by atoms with Gasteiger partial charge >= 0.3 is 0 Å². The van der Waals surface area contributed by atoms with Crippen molar-refractivity contribution in [3.63, 3.8) is 0 Å². The lowest BCUT2D eigenvalue weighted by atomic mass is 10.1. The molecule has 7 heteroatoms. The molecule has 0 radical (unpaired) electrons. The lowest BCUT2D eigenvalue weighted by molar-refractivity contribution is 0.0724. The van der Waals surface area contributed by atoms with Crippen LogP contribution in [0.2, 0.25) is 0 Å². The average molecular weight is 385 g/mol. The Labute approximate surface area is 162 Å². The zero-order valence-electron chi connectivity index (χ0n) is 14.7. The van der Waals surface area contributed by atoms with E-state index in [0.29, 0.717) is 11.3 Å². The molecule has 0 spiro atoms. The minimum atomic E-state index is -0.623. The van der Waals surface area contributed by atoms with Crippen molar-refractivity contribution in [3.05, 3.63) is 65.5 Å². The molecule has 1 heterocycles. The van der Waals surface area contributed by atoms with E-state index >= 15 is 0 Å². The SMILES string of the molecule is O=C(NC(=S)Nc1ccc(C(=O)N2CCCCC2)cc1)c1ccccc1F.